The molecule has 2 aromatic carbocycles. The van der Waals surface area contributed by atoms with E-state index in [4.69, 9.17) is 37.1 Å². The van der Waals surface area contributed by atoms with Crippen molar-refractivity contribution in [2.24, 2.45) is 0 Å². The molecule has 3 rings (SSSR count). The number of benzene rings is 2. The van der Waals surface area contributed by atoms with Gasteiger partial charge in [0, 0.05) is 5.39 Å². The molecule has 1 aromatic heterocycles. The molecule has 0 saturated carbocycles. The smallest absolute Gasteiger partial charge is 0.374 e. The van der Waals surface area contributed by atoms with Crippen molar-refractivity contribution in [3.05, 3.63) is 64.3 Å². The van der Waals surface area contributed by atoms with Crippen LogP contribution in [-0.4, -0.2) is 19.2 Å². The van der Waals surface area contributed by atoms with Gasteiger partial charge in [-0.3, -0.25) is 0 Å². The molecule has 0 fully saturated rings. The first kappa shape index (κ1) is 15.7. The van der Waals surface area contributed by atoms with Gasteiger partial charge in [-0.05, 0) is 24.3 Å². The fourth-order valence-corrected chi connectivity index (χ4v) is 2.56. The first-order chi connectivity index (χ1) is 11.1. The fourth-order valence-electron chi connectivity index (χ4n) is 2.05. The molecule has 0 aliphatic carbocycles. The summed E-state index contributed by atoms with van der Waals surface area (Å²) >= 11 is 12.0. The average Bonchev–Trinajstić information content (AvgIpc) is 2.97. The highest BCUT2D eigenvalue weighted by Crippen LogP contribution is 2.32. The largest absolute Gasteiger partial charge is 0.487 e. The van der Waals surface area contributed by atoms with Crippen LogP contribution in [0.2, 0.25) is 10.0 Å². The maximum absolute atomic E-state index is 11.9. The van der Waals surface area contributed by atoms with Crippen LogP contribution in [0.3, 0.4) is 0 Å². The van der Waals surface area contributed by atoms with Crippen LogP contribution in [0.4, 0.5) is 0 Å². The van der Waals surface area contributed by atoms with Crippen LogP contribution in [0.5, 0.6) is 5.75 Å². The Labute approximate surface area is 142 Å². The molecule has 0 N–H and O–H groups in total. The number of hydrogen-bond donors (Lipinski definition) is 0. The lowest BCUT2D eigenvalue weighted by molar-refractivity contribution is 0.0418. The number of furan rings is 1. The van der Waals surface area contributed by atoms with E-state index in [0.29, 0.717) is 21.4 Å². The van der Waals surface area contributed by atoms with Crippen LogP contribution in [0.25, 0.3) is 11.0 Å². The van der Waals surface area contributed by atoms with Crippen LogP contribution in [0, 0.1) is 0 Å². The minimum absolute atomic E-state index is 0.0530. The first-order valence-corrected chi connectivity index (χ1v) is 7.63. The Balaban J connectivity index is 1.55. The molecule has 0 amide bonds. The number of ether oxygens (including phenoxy) is 2. The average molecular weight is 351 g/mol. The monoisotopic (exact) mass is 350 g/mol. The highest BCUT2D eigenvalue weighted by atomic mass is 35.5. The molecular weight excluding hydrogens is 339 g/mol. The van der Waals surface area contributed by atoms with Gasteiger partial charge in [0.15, 0.2) is 5.75 Å². The number of para-hydroxylation sites is 2. The van der Waals surface area contributed by atoms with Crippen LogP contribution in [0.1, 0.15) is 10.6 Å². The lowest BCUT2D eigenvalue weighted by Gasteiger charge is -2.09. The van der Waals surface area contributed by atoms with Gasteiger partial charge in [0.25, 0.3) is 0 Å². The van der Waals surface area contributed by atoms with E-state index in [9.17, 15) is 4.79 Å². The molecule has 3 aromatic rings. The second-order valence-corrected chi connectivity index (χ2v) is 5.50. The molecule has 6 heteroatoms. The Morgan fingerprint density at radius 2 is 1.74 bits per heavy atom. The summed E-state index contributed by atoms with van der Waals surface area (Å²) in [6.45, 7) is 0.187. The predicted molar refractivity (Wildman–Crippen MR) is 88.5 cm³/mol. The number of hydrogen-bond acceptors (Lipinski definition) is 4. The lowest BCUT2D eigenvalue weighted by Crippen LogP contribution is -2.12. The highest BCUT2D eigenvalue weighted by Gasteiger charge is 2.14. The van der Waals surface area contributed by atoms with Gasteiger partial charge >= 0.3 is 5.97 Å². The standard InChI is InChI=1S/C17H12Cl2O4/c18-12-5-3-6-13(19)16(12)21-8-9-22-17(20)15-10-11-4-1-2-7-14(11)23-15/h1-7,10H,8-9H2. The summed E-state index contributed by atoms with van der Waals surface area (Å²) in [6.07, 6.45) is 0. The minimum atomic E-state index is -0.546. The van der Waals surface area contributed by atoms with Crippen LogP contribution >= 0.6 is 23.2 Å². The van der Waals surface area contributed by atoms with Crippen LogP contribution < -0.4 is 4.74 Å². The summed E-state index contributed by atoms with van der Waals surface area (Å²) in [5.41, 5.74) is 0.638. The van der Waals surface area contributed by atoms with Crippen molar-refractivity contribution >= 4 is 40.1 Å². The van der Waals surface area contributed by atoms with Gasteiger partial charge in [-0.1, -0.05) is 47.5 Å². The van der Waals surface area contributed by atoms with Crippen molar-refractivity contribution < 1.29 is 18.7 Å². The van der Waals surface area contributed by atoms with E-state index in [1.165, 1.54) is 0 Å². The van der Waals surface area contributed by atoms with Crippen molar-refractivity contribution in [3.63, 3.8) is 0 Å². The molecule has 118 valence electrons. The lowest BCUT2D eigenvalue weighted by atomic mass is 10.2. The maximum atomic E-state index is 11.9. The minimum Gasteiger partial charge on any atom is -0.487 e. The van der Waals surface area contributed by atoms with Crippen molar-refractivity contribution in [2.45, 2.75) is 0 Å². The number of esters is 1. The van der Waals surface area contributed by atoms with E-state index in [0.717, 1.165) is 5.39 Å². The summed E-state index contributed by atoms with van der Waals surface area (Å²) in [5.74, 6) is -0.0207. The van der Waals surface area contributed by atoms with E-state index >= 15 is 0 Å². The number of carbonyl (C=O) groups excluding carboxylic acids is 1. The SMILES string of the molecule is O=C(OCCOc1c(Cl)cccc1Cl)c1cc2ccccc2o1. The van der Waals surface area contributed by atoms with Crippen LogP contribution in [0.15, 0.2) is 52.9 Å². The molecule has 0 unspecified atom stereocenters. The predicted octanol–water partition coefficient (Wildman–Crippen LogP) is 4.98. The molecule has 0 bridgehead atoms. The Bertz CT molecular complexity index is 788. The Kier molecular flexibility index (Phi) is 4.74. The number of rotatable bonds is 5. The number of halogens is 2. The Morgan fingerprint density at radius 3 is 2.48 bits per heavy atom. The third-order valence-corrected chi connectivity index (χ3v) is 3.70. The van der Waals surface area contributed by atoms with E-state index in [-0.39, 0.29) is 19.0 Å². The molecule has 4 nitrogen and oxygen atoms in total. The van der Waals surface area contributed by atoms with Crippen molar-refractivity contribution in [3.8, 4) is 5.75 Å². The van der Waals surface area contributed by atoms with Gasteiger partial charge in [-0.15, -0.1) is 0 Å². The van der Waals surface area contributed by atoms with Crippen molar-refractivity contribution in [1.29, 1.82) is 0 Å². The third-order valence-electron chi connectivity index (χ3n) is 3.11. The van der Waals surface area contributed by atoms with Gasteiger partial charge in [0.1, 0.15) is 18.8 Å². The van der Waals surface area contributed by atoms with E-state index in [1.807, 2.05) is 18.2 Å². The maximum Gasteiger partial charge on any atom is 0.374 e. The molecular formula is C17H12Cl2O4. The molecule has 0 radical (unpaired) electrons. The zero-order valence-electron chi connectivity index (χ0n) is 11.9. The normalized spacial score (nSPS) is 10.7. The number of carbonyl (C=O) groups is 1. The van der Waals surface area contributed by atoms with Crippen LogP contribution in [-0.2, 0) is 4.74 Å². The first-order valence-electron chi connectivity index (χ1n) is 6.87. The molecule has 0 spiro atoms. The van der Waals surface area contributed by atoms with Gasteiger partial charge in [-0.2, -0.15) is 0 Å². The van der Waals surface area contributed by atoms with Crippen molar-refractivity contribution in [1.82, 2.24) is 0 Å². The van der Waals surface area contributed by atoms with Gasteiger partial charge in [-0.25, -0.2) is 4.79 Å². The second kappa shape index (κ2) is 6.94. The van der Waals surface area contributed by atoms with Crippen molar-refractivity contribution in [2.75, 3.05) is 13.2 Å². The summed E-state index contributed by atoms with van der Waals surface area (Å²) in [4.78, 5) is 11.9. The summed E-state index contributed by atoms with van der Waals surface area (Å²) in [6, 6.07) is 14.1. The molecule has 0 atom stereocenters. The zero-order valence-corrected chi connectivity index (χ0v) is 13.4. The van der Waals surface area contributed by atoms with Gasteiger partial charge < -0.3 is 13.9 Å². The number of fused-ring (bicyclic) bond motifs is 1. The van der Waals surface area contributed by atoms with Gasteiger partial charge in [0.2, 0.25) is 5.76 Å². The van der Waals surface area contributed by atoms with Gasteiger partial charge in [0.05, 0.1) is 10.0 Å². The topological polar surface area (TPSA) is 48.7 Å². The third kappa shape index (κ3) is 3.60. The Hall–Kier alpha value is -2.17. The molecule has 0 aliphatic heterocycles. The molecule has 0 aliphatic rings. The highest BCUT2D eigenvalue weighted by molar-refractivity contribution is 6.37. The molecule has 23 heavy (non-hydrogen) atoms. The Morgan fingerprint density at radius 1 is 1.00 bits per heavy atom. The quantitative estimate of drug-likeness (QED) is 0.481. The van der Waals surface area contributed by atoms with E-state index < -0.39 is 5.97 Å². The summed E-state index contributed by atoms with van der Waals surface area (Å²) in [7, 11) is 0. The summed E-state index contributed by atoms with van der Waals surface area (Å²) in [5, 5.41) is 1.65. The second-order valence-electron chi connectivity index (χ2n) is 4.68. The van der Waals surface area contributed by atoms with E-state index in [2.05, 4.69) is 0 Å². The zero-order chi connectivity index (χ0) is 16.2. The fraction of sp³-hybridized carbons (Fsp3) is 0.118. The summed E-state index contributed by atoms with van der Waals surface area (Å²) < 4.78 is 16.0. The molecule has 0 saturated heterocycles. The van der Waals surface area contributed by atoms with E-state index in [1.54, 1.807) is 30.3 Å². The molecule has 1 heterocycles.